The van der Waals surface area contributed by atoms with Crippen molar-refractivity contribution in [2.24, 2.45) is 0 Å². The zero-order valence-electron chi connectivity index (χ0n) is 12.3. The fourth-order valence-electron chi connectivity index (χ4n) is 2.44. The molecule has 0 unspecified atom stereocenters. The number of thioether (sulfide) groups is 1. The van der Waals surface area contributed by atoms with Crippen LogP contribution in [-0.2, 0) is 4.79 Å². The van der Waals surface area contributed by atoms with Crippen LogP contribution in [0.25, 0.3) is 0 Å². The summed E-state index contributed by atoms with van der Waals surface area (Å²) >= 11 is 1.80. The van der Waals surface area contributed by atoms with E-state index in [0.717, 1.165) is 18.0 Å². The van der Waals surface area contributed by atoms with Gasteiger partial charge in [0.15, 0.2) is 0 Å². The molecule has 1 aliphatic rings. The van der Waals surface area contributed by atoms with E-state index in [9.17, 15) is 9.18 Å². The third-order valence-electron chi connectivity index (χ3n) is 3.61. The Morgan fingerprint density at radius 3 is 2.95 bits per heavy atom. The van der Waals surface area contributed by atoms with Gasteiger partial charge < -0.3 is 10.2 Å². The average molecular weight is 316 g/mol. The van der Waals surface area contributed by atoms with Gasteiger partial charge >= 0.3 is 0 Å². The highest BCUT2D eigenvalue weighted by atomic mass is 32.2. The number of carbonyl (C=O) groups is 1. The lowest BCUT2D eigenvalue weighted by Gasteiger charge is -2.30. The van der Waals surface area contributed by atoms with E-state index in [0.29, 0.717) is 11.3 Å². The molecule has 0 saturated heterocycles. The third-order valence-corrected chi connectivity index (χ3v) is 4.66. The van der Waals surface area contributed by atoms with Crippen molar-refractivity contribution in [1.82, 2.24) is 0 Å². The van der Waals surface area contributed by atoms with Gasteiger partial charge in [0.25, 0.3) is 0 Å². The number of hydrogen-bond acceptors (Lipinski definition) is 3. The van der Waals surface area contributed by atoms with Crippen molar-refractivity contribution in [3.05, 3.63) is 53.8 Å². The van der Waals surface area contributed by atoms with Gasteiger partial charge in [-0.25, -0.2) is 4.39 Å². The molecule has 2 aromatic carbocycles. The van der Waals surface area contributed by atoms with E-state index in [2.05, 4.69) is 16.3 Å². The first-order chi connectivity index (χ1) is 10.6. The second-order valence-corrected chi connectivity index (χ2v) is 6.39. The molecule has 1 N–H and O–H groups in total. The molecule has 0 fully saturated rings. The van der Waals surface area contributed by atoms with Gasteiger partial charge in [-0.15, -0.1) is 11.8 Å². The number of anilines is 2. The van der Waals surface area contributed by atoms with E-state index in [1.54, 1.807) is 30.8 Å². The first kappa shape index (κ1) is 14.9. The van der Waals surface area contributed by atoms with Crippen LogP contribution in [0, 0.1) is 12.7 Å². The SMILES string of the molecule is Cc1ccc(NC(=O)CN2CCSc3ccccc32)cc1F. The lowest BCUT2D eigenvalue weighted by atomic mass is 10.2. The van der Waals surface area contributed by atoms with E-state index >= 15 is 0 Å². The van der Waals surface area contributed by atoms with Gasteiger partial charge in [0.05, 0.1) is 12.2 Å². The largest absolute Gasteiger partial charge is 0.360 e. The van der Waals surface area contributed by atoms with E-state index < -0.39 is 0 Å². The smallest absolute Gasteiger partial charge is 0.243 e. The summed E-state index contributed by atoms with van der Waals surface area (Å²) in [7, 11) is 0. The van der Waals surface area contributed by atoms with Gasteiger partial charge in [-0.05, 0) is 36.8 Å². The third kappa shape index (κ3) is 3.25. The molecule has 114 valence electrons. The fraction of sp³-hybridized carbons (Fsp3) is 0.235. The van der Waals surface area contributed by atoms with Crippen LogP contribution in [0.3, 0.4) is 0 Å². The predicted molar refractivity (Wildman–Crippen MR) is 89.1 cm³/mol. The van der Waals surface area contributed by atoms with Gasteiger partial charge in [-0.3, -0.25) is 4.79 Å². The Labute approximate surface area is 133 Å². The number of para-hydroxylation sites is 1. The number of halogens is 1. The van der Waals surface area contributed by atoms with Crippen molar-refractivity contribution < 1.29 is 9.18 Å². The Balaban J connectivity index is 1.69. The maximum atomic E-state index is 13.5. The molecule has 0 spiro atoms. The summed E-state index contributed by atoms with van der Waals surface area (Å²) in [6.45, 7) is 2.80. The molecule has 1 aliphatic heterocycles. The van der Waals surface area contributed by atoms with Crippen molar-refractivity contribution in [1.29, 1.82) is 0 Å². The van der Waals surface area contributed by atoms with Crippen LogP contribution in [-0.4, -0.2) is 24.7 Å². The van der Waals surface area contributed by atoms with Crippen LogP contribution in [0.15, 0.2) is 47.4 Å². The molecule has 3 nitrogen and oxygen atoms in total. The number of aryl methyl sites for hydroxylation is 1. The van der Waals surface area contributed by atoms with Crippen molar-refractivity contribution in [2.45, 2.75) is 11.8 Å². The average Bonchev–Trinajstić information content (AvgIpc) is 2.51. The van der Waals surface area contributed by atoms with Gasteiger partial charge in [-0.1, -0.05) is 18.2 Å². The molecule has 22 heavy (non-hydrogen) atoms. The summed E-state index contributed by atoms with van der Waals surface area (Å²) in [5, 5.41) is 2.76. The topological polar surface area (TPSA) is 32.3 Å². The Bertz CT molecular complexity index is 705. The van der Waals surface area contributed by atoms with Gasteiger partial charge in [0, 0.05) is 22.9 Å². The standard InChI is InChI=1S/C17H17FN2OS/c1-12-6-7-13(10-14(12)18)19-17(21)11-20-8-9-22-16-5-3-2-4-15(16)20/h2-7,10H,8-9,11H2,1H3,(H,19,21). The molecule has 2 aromatic rings. The first-order valence-electron chi connectivity index (χ1n) is 7.16. The molecule has 1 amide bonds. The van der Waals surface area contributed by atoms with Gasteiger partial charge in [0.2, 0.25) is 5.91 Å². The first-order valence-corrected chi connectivity index (χ1v) is 8.15. The molecule has 0 aromatic heterocycles. The van der Waals surface area contributed by atoms with Crippen LogP contribution >= 0.6 is 11.8 Å². The molecular weight excluding hydrogens is 299 g/mol. The van der Waals surface area contributed by atoms with E-state index in [1.807, 2.05) is 18.2 Å². The minimum absolute atomic E-state index is 0.134. The van der Waals surface area contributed by atoms with Crippen LogP contribution in [0.1, 0.15) is 5.56 Å². The summed E-state index contributed by atoms with van der Waals surface area (Å²) in [6, 6.07) is 12.8. The second-order valence-electron chi connectivity index (χ2n) is 5.25. The summed E-state index contributed by atoms with van der Waals surface area (Å²) in [6.07, 6.45) is 0. The number of rotatable bonds is 3. The maximum Gasteiger partial charge on any atom is 0.243 e. The summed E-state index contributed by atoms with van der Waals surface area (Å²) < 4.78 is 13.5. The number of fused-ring (bicyclic) bond motifs is 1. The summed E-state index contributed by atoms with van der Waals surface area (Å²) in [4.78, 5) is 15.5. The highest BCUT2D eigenvalue weighted by Gasteiger charge is 2.19. The Morgan fingerprint density at radius 1 is 1.32 bits per heavy atom. The minimum atomic E-state index is -0.308. The zero-order chi connectivity index (χ0) is 15.5. The Kier molecular flexibility index (Phi) is 4.34. The number of nitrogens with one attached hydrogen (secondary N) is 1. The highest BCUT2D eigenvalue weighted by Crippen LogP contribution is 2.34. The number of benzene rings is 2. The van der Waals surface area contributed by atoms with Crippen molar-refractivity contribution in [3.63, 3.8) is 0 Å². The van der Waals surface area contributed by atoms with Gasteiger partial charge in [-0.2, -0.15) is 0 Å². The van der Waals surface area contributed by atoms with Gasteiger partial charge in [0.1, 0.15) is 5.82 Å². The molecule has 0 atom stereocenters. The van der Waals surface area contributed by atoms with Crippen molar-refractivity contribution in [3.8, 4) is 0 Å². The number of amides is 1. The number of hydrogen-bond donors (Lipinski definition) is 1. The Morgan fingerprint density at radius 2 is 2.14 bits per heavy atom. The fourth-order valence-corrected chi connectivity index (χ4v) is 3.49. The molecule has 3 rings (SSSR count). The van der Waals surface area contributed by atoms with E-state index in [1.165, 1.54) is 11.0 Å². The quantitative estimate of drug-likeness (QED) is 0.937. The monoisotopic (exact) mass is 316 g/mol. The number of carbonyl (C=O) groups excluding carboxylic acids is 1. The molecule has 5 heteroatoms. The van der Waals surface area contributed by atoms with Crippen molar-refractivity contribution >= 4 is 29.0 Å². The highest BCUT2D eigenvalue weighted by molar-refractivity contribution is 7.99. The molecule has 0 saturated carbocycles. The van der Waals surface area contributed by atoms with E-state index in [4.69, 9.17) is 0 Å². The maximum absolute atomic E-state index is 13.5. The number of nitrogens with zero attached hydrogens (tertiary/aromatic N) is 1. The molecular formula is C17H17FN2OS. The van der Waals surface area contributed by atoms with Crippen LogP contribution < -0.4 is 10.2 Å². The van der Waals surface area contributed by atoms with Crippen LogP contribution in [0.4, 0.5) is 15.8 Å². The van der Waals surface area contributed by atoms with Crippen molar-refractivity contribution in [2.75, 3.05) is 29.1 Å². The summed E-state index contributed by atoms with van der Waals surface area (Å²) in [5.74, 6) is 0.520. The van der Waals surface area contributed by atoms with Crippen LogP contribution in [0.5, 0.6) is 0 Å². The lowest BCUT2D eigenvalue weighted by molar-refractivity contribution is -0.115. The molecule has 0 bridgehead atoms. The second kappa shape index (κ2) is 6.40. The minimum Gasteiger partial charge on any atom is -0.360 e. The molecule has 1 heterocycles. The Hall–Kier alpha value is -2.01. The summed E-state index contributed by atoms with van der Waals surface area (Å²) in [5.41, 5.74) is 2.15. The van der Waals surface area contributed by atoms with Crippen LogP contribution in [0.2, 0.25) is 0 Å². The van der Waals surface area contributed by atoms with E-state index in [-0.39, 0.29) is 18.3 Å². The predicted octanol–water partition coefficient (Wildman–Crippen LogP) is 3.68. The normalized spacial score (nSPS) is 13.6. The molecule has 0 radical (unpaired) electrons. The lowest BCUT2D eigenvalue weighted by Crippen LogP contribution is -2.36. The molecule has 0 aliphatic carbocycles. The zero-order valence-corrected chi connectivity index (χ0v) is 13.1.